The quantitative estimate of drug-likeness (QED) is 0.770. The Morgan fingerprint density at radius 2 is 1.90 bits per heavy atom. The lowest BCUT2D eigenvalue weighted by Crippen LogP contribution is -2.27. The van der Waals surface area contributed by atoms with Crippen molar-refractivity contribution in [3.05, 3.63) is 48.0 Å². The van der Waals surface area contributed by atoms with Crippen LogP contribution in [0.25, 0.3) is 10.8 Å². The van der Waals surface area contributed by atoms with E-state index in [9.17, 15) is 4.79 Å². The highest BCUT2D eigenvalue weighted by Gasteiger charge is 2.01. The normalized spacial score (nSPS) is 10.1. The van der Waals surface area contributed by atoms with E-state index in [0.29, 0.717) is 19.5 Å². The van der Waals surface area contributed by atoms with E-state index in [1.807, 2.05) is 11.8 Å². The highest BCUT2D eigenvalue weighted by atomic mass is 35.5. The van der Waals surface area contributed by atoms with E-state index >= 15 is 0 Å². The molecule has 2 aromatic rings. The molecule has 114 valence electrons. The number of hydrogen-bond acceptors (Lipinski definition) is 3. The molecule has 0 bridgehead atoms. The fraction of sp³-hybridized carbons (Fsp3) is 0.312. The molecular formula is C16H21ClN2OS. The largest absolute Gasteiger partial charge is 0.355 e. The van der Waals surface area contributed by atoms with Crippen molar-refractivity contribution in [1.29, 1.82) is 0 Å². The van der Waals surface area contributed by atoms with Gasteiger partial charge in [0.1, 0.15) is 0 Å². The highest BCUT2D eigenvalue weighted by molar-refractivity contribution is 7.98. The van der Waals surface area contributed by atoms with E-state index in [1.54, 1.807) is 0 Å². The number of fused-ring (bicyclic) bond motifs is 1. The number of thioether (sulfide) groups is 1. The van der Waals surface area contributed by atoms with E-state index in [0.717, 1.165) is 11.5 Å². The van der Waals surface area contributed by atoms with Crippen LogP contribution in [0.5, 0.6) is 0 Å². The lowest BCUT2D eigenvalue weighted by molar-refractivity contribution is -0.120. The lowest BCUT2D eigenvalue weighted by Gasteiger charge is -2.07. The number of amides is 1. The van der Waals surface area contributed by atoms with Crippen molar-refractivity contribution in [3.63, 3.8) is 0 Å². The van der Waals surface area contributed by atoms with Crippen LogP contribution in [0.1, 0.15) is 12.0 Å². The standard InChI is InChI=1S/C16H20N2OS.ClH/c17-9-8-16(19)18-10-11-20-12-14-6-3-5-13-4-1-2-7-15(13)14;/h1-7H,8-12,17H2,(H,18,19);1H. The molecule has 0 heterocycles. The van der Waals surface area contributed by atoms with Gasteiger partial charge in [-0.3, -0.25) is 4.79 Å². The van der Waals surface area contributed by atoms with Gasteiger partial charge in [0.05, 0.1) is 0 Å². The third-order valence-electron chi connectivity index (χ3n) is 3.08. The number of nitrogens with one attached hydrogen (secondary N) is 1. The molecule has 0 aliphatic heterocycles. The number of carbonyl (C=O) groups excluding carboxylic acids is 1. The second kappa shape index (κ2) is 9.66. The second-order valence-electron chi connectivity index (χ2n) is 4.58. The summed E-state index contributed by atoms with van der Waals surface area (Å²) in [4.78, 5) is 11.3. The molecule has 2 aromatic carbocycles. The van der Waals surface area contributed by atoms with Gasteiger partial charge < -0.3 is 11.1 Å². The van der Waals surface area contributed by atoms with E-state index in [2.05, 4.69) is 47.8 Å². The Bertz CT molecular complexity index is 572. The molecule has 0 atom stereocenters. The smallest absolute Gasteiger partial charge is 0.221 e. The lowest BCUT2D eigenvalue weighted by atomic mass is 10.1. The third-order valence-corrected chi connectivity index (χ3v) is 4.09. The molecule has 0 unspecified atom stereocenters. The topological polar surface area (TPSA) is 55.1 Å². The van der Waals surface area contributed by atoms with Gasteiger partial charge in [0.25, 0.3) is 0 Å². The van der Waals surface area contributed by atoms with Crippen LogP contribution in [-0.4, -0.2) is 24.7 Å². The Morgan fingerprint density at radius 3 is 2.71 bits per heavy atom. The fourth-order valence-corrected chi connectivity index (χ4v) is 2.94. The Morgan fingerprint density at radius 1 is 1.14 bits per heavy atom. The van der Waals surface area contributed by atoms with Gasteiger partial charge in [0.2, 0.25) is 5.91 Å². The van der Waals surface area contributed by atoms with Gasteiger partial charge in [0.15, 0.2) is 0 Å². The van der Waals surface area contributed by atoms with Crippen LogP contribution in [0, 0.1) is 0 Å². The summed E-state index contributed by atoms with van der Waals surface area (Å²) in [5, 5.41) is 5.46. The van der Waals surface area contributed by atoms with Crippen molar-refractivity contribution < 1.29 is 4.79 Å². The molecule has 0 radical (unpaired) electrons. The molecule has 5 heteroatoms. The summed E-state index contributed by atoms with van der Waals surface area (Å²) in [6.07, 6.45) is 0.411. The van der Waals surface area contributed by atoms with Gasteiger partial charge >= 0.3 is 0 Å². The monoisotopic (exact) mass is 324 g/mol. The zero-order chi connectivity index (χ0) is 14.2. The van der Waals surface area contributed by atoms with Crippen LogP contribution in [0.4, 0.5) is 0 Å². The fourth-order valence-electron chi connectivity index (χ4n) is 2.08. The van der Waals surface area contributed by atoms with Gasteiger partial charge in [-0.1, -0.05) is 42.5 Å². The number of hydrogen-bond donors (Lipinski definition) is 2. The Balaban J connectivity index is 0.00000220. The second-order valence-corrected chi connectivity index (χ2v) is 5.68. The van der Waals surface area contributed by atoms with Crippen LogP contribution >= 0.6 is 24.2 Å². The molecule has 0 saturated heterocycles. The van der Waals surface area contributed by atoms with Gasteiger partial charge in [-0.15, -0.1) is 12.4 Å². The van der Waals surface area contributed by atoms with Crippen molar-refractivity contribution in [3.8, 4) is 0 Å². The molecule has 0 saturated carbocycles. The van der Waals surface area contributed by atoms with E-state index in [-0.39, 0.29) is 18.3 Å². The first kappa shape index (κ1) is 17.8. The van der Waals surface area contributed by atoms with Gasteiger partial charge in [0, 0.05) is 31.0 Å². The molecule has 21 heavy (non-hydrogen) atoms. The Kier molecular flexibility index (Phi) is 8.20. The molecule has 1 amide bonds. The van der Waals surface area contributed by atoms with Gasteiger partial charge in [-0.2, -0.15) is 11.8 Å². The maximum atomic E-state index is 11.3. The number of nitrogens with two attached hydrogens (primary N) is 1. The first-order valence-electron chi connectivity index (χ1n) is 6.82. The predicted octanol–water partition coefficient (Wildman–Crippen LogP) is 2.96. The number of benzene rings is 2. The molecule has 0 spiro atoms. The molecule has 0 aliphatic carbocycles. The summed E-state index contributed by atoms with van der Waals surface area (Å²) < 4.78 is 0. The maximum absolute atomic E-state index is 11.3. The van der Waals surface area contributed by atoms with Crippen molar-refractivity contribution in [2.75, 3.05) is 18.8 Å². The van der Waals surface area contributed by atoms with Crippen molar-refractivity contribution in [1.82, 2.24) is 5.32 Å². The average molecular weight is 325 g/mol. The van der Waals surface area contributed by atoms with Crippen LogP contribution in [0.15, 0.2) is 42.5 Å². The molecule has 3 nitrogen and oxygen atoms in total. The van der Waals surface area contributed by atoms with E-state index in [4.69, 9.17) is 5.73 Å². The first-order chi connectivity index (χ1) is 9.81. The van der Waals surface area contributed by atoms with Crippen LogP contribution in [-0.2, 0) is 10.5 Å². The van der Waals surface area contributed by atoms with Crippen molar-refractivity contribution in [2.45, 2.75) is 12.2 Å². The van der Waals surface area contributed by atoms with Crippen LogP contribution in [0.2, 0.25) is 0 Å². The summed E-state index contributed by atoms with van der Waals surface area (Å²) >= 11 is 1.84. The maximum Gasteiger partial charge on any atom is 0.221 e. The van der Waals surface area contributed by atoms with E-state index < -0.39 is 0 Å². The summed E-state index contributed by atoms with van der Waals surface area (Å²) in [6.45, 7) is 1.11. The summed E-state index contributed by atoms with van der Waals surface area (Å²) in [5.74, 6) is 1.92. The van der Waals surface area contributed by atoms with Crippen molar-refractivity contribution >= 4 is 40.8 Å². The molecule has 0 fully saturated rings. The number of rotatable bonds is 7. The minimum atomic E-state index is 0. The zero-order valence-corrected chi connectivity index (χ0v) is 13.5. The Labute approximate surface area is 136 Å². The molecule has 2 rings (SSSR count). The number of carbonyl (C=O) groups is 1. The highest BCUT2D eigenvalue weighted by Crippen LogP contribution is 2.22. The summed E-state index contributed by atoms with van der Waals surface area (Å²) in [7, 11) is 0. The first-order valence-corrected chi connectivity index (χ1v) is 7.98. The van der Waals surface area contributed by atoms with Gasteiger partial charge in [-0.25, -0.2) is 0 Å². The molecular weight excluding hydrogens is 304 g/mol. The number of halogens is 1. The summed E-state index contributed by atoms with van der Waals surface area (Å²) in [6, 6.07) is 14.8. The van der Waals surface area contributed by atoms with Crippen LogP contribution < -0.4 is 11.1 Å². The van der Waals surface area contributed by atoms with Crippen molar-refractivity contribution in [2.24, 2.45) is 5.73 Å². The summed E-state index contributed by atoms with van der Waals surface area (Å²) in [5.41, 5.74) is 6.67. The SMILES string of the molecule is Cl.NCCC(=O)NCCSCc1cccc2ccccc12. The molecule has 0 aliphatic rings. The predicted molar refractivity (Wildman–Crippen MR) is 94.0 cm³/mol. The van der Waals surface area contributed by atoms with E-state index in [1.165, 1.54) is 16.3 Å². The van der Waals surface area contributed by atoms with Gasteiger partial charge in [-0.05, 0) is 16.3 Å². The van der Waals surface area contributed by atoms with Crippen LogP contribution in [0.3, 0.4) is 0 Å². The minimum absolute atomic E-state index is 0. The molecule has 3 N–H and O–H groups in total. The Hall–Kier alpha value is -1.23. The minimum Gasteiger partial charge on any atom is -0.355 e. The average Bonchev–Trinajstić information content (AvgIpc) is 2.47. The third kappa shape index (κ3) is 5.58. The zero-order valence-electron chi connectivity index (χ0n) is 11.9. The molecule has 0 aromatic heterocycles.